The van der Waals surface area contributed by atoms with Crippen molar-refractivity contribution in [2.45, 2.75) is 30.7 Å². The van der Waals surface area contributed by atoms with E-state index in [-0.39, 0.29) is 0 Å². The van der Waals surface area contributed by atoms with E-state index >= 15 is 0 Å². The summed E-state index contributed by atoms with van der Waals surface area (Å²) in [6, 6.07) is 14.8. The number of hydrogen-bond acceptors (Lipinski definition) is 3. The number of benzene rings is 1. The van der Waals surface area contributed by atoms with Crippen LogP contribution in [0.3, 0.4) is 0 Å². The molecule has 0 fully saturated rings. The summed E-state index contributed by atoms with van der Waals surface area (Å²) in [4.78, 5) is 4.50. The Bertz CT molecular complexity index is 468. The van der Waals surface area contributed by atoms with Crippen LogP contribution in [0.15, 0.2) is 53.7 Å². The summed E-state index contributed by atoms with van der Waals surface area (Å²) in [5.41, 5.74) is 2.58. The summed E-state index contributed by atoms with van der Waals surface area (Å²) in [7, 11) is 0. The molecule has 2 rings (SSSR count). The molecule has 0 aliphatic heterocycles. The lowest BCUT2D eigenvalue weighted by molar-refractivity contribution is 0.673. The minimum absolute atomic E-state index is 0.907. The highest BCUT2D eigenvalue weighted by Crippen LogP contribution is 2.20. The minimum atomic E-state index is 0.907. The molecule has 0 saturated heterocycles. The van der Waals surface area contributed by atoms with Gasteiger partial charge in [0.15, 0.2) is 0 Å². The van der Waals surface area contributed by atoms with E-state index in [9.17, 15) is 0 Å². The molecule has 1 N–H and O–H groups in total. The van der Waals surface area contributed by atoms with Gasteiger partial charge in [0.2, 0.25) is 0 Å². The van der Waals surface area contributed by atoms with Crippen LogP contribution in [0.25, 0.3) is 0 Å². The number of rotatable bonds is 7. The Morgan fingerprint density at radius 2 is 1.89 bits per heavy atom. The topological polar surface area (TPSA) is 24.9 Å². The lowest BCUT2D eigenvalue weighted by Gasteiger charge is -2.04. The molecule has 0 aliphatic rings. The van der Waals surface area contributed by atoms with Gasteiger partial charge in [0.25, 0.3) is 0 Å². The summed E-state index contributed by atoms with van der Waals surface area (Å²) in [5, 5.41) is 4.47. The van der Waals surface area contributed by atoms with Gasteiger partial charge in [-0.15, -0.1) is 11.8 Å². The maximum Gasteiger partial charge on any atom is 0.0963 e. The fourth-order valence-corrected chi connectivity index (χ4v) is 2.54. The maximum atomic E-state index is 4.50. The van der Waals surface area contributed by atoms with Gasteiger partial charge in [0.1, 0.15) is 0 Å². The van der Waals surface area contributed by atoms with Gasteiger partial charge < -0.3 is 5.32 Å². The maximum absolute atomic E-state index is 4.50. The molecular formula is C16H20N2S. The van der Waals surface area contributed by atoms with Crippen LogP contribution in [0.2, 0.25) is 0 Å². The van der Waals surface area contributed by atoms with Gasteiger partial charge in [0, 0.05) is 18.5 Å². The highest BCUT2D eigenvalue weighted by atomic mass is 32.2. The Kier molecular flexibility index (Phi) is 5.92. The number of thioether (sulfide) groups is 1. The lowest BCUT2D eigenvalue weighted by Crippen LogP contribution is -2.13. The normalized spacial score (nSPS) is 10.6. The summed E-state index contributed by atoms with van der Waals surface area (Å²) in [5.74, 6) is 0.973. The molecule has 0 saturated carbocycles. The number of pyridine rings is 1. The molecular weight excluding hydrogens is 252 g/mol. The monoisotopic (exact) mass is 272 g/mol. The van der Waals surface area contributed by atoms with Gasteiger partial charge in [-0.2, -0.15) is 0 Å². The van der Waals surface area contributed by atoms with Crippen molar-refractivity contribution in [3.8, 4) is 0 Å². The zero-order valence-electron chi connectivity index (χ0n) is 11.3. The second-order valence-electron chi connectivity index (χ2n) is 4.46. The molecule has 3 heteroatoms. The van der Waals surface area contributed by atoms with Crippen molar-refractivity contribution in [1.82, 2.24) is 10.3 Å². The SMILES string of the molecule is CCCNCc1ccc(SCc2ccccc2)nc1. The third-order valence-electron chi connectivity index (χ3n) is 2.78. The molecule has 1 heterocycles. The van der Waals surface area contributed by atoms with E-state index in [0.29, 0.717) is 0 Å². The van der Waals surface area contributed by atoms with Crippen molar-refractivity contribution in [3.63, 3.8) is 0 Å². The number of nitrogens with zero attached hydrogens (tertiary/aromatic N) is 1. The van der Waals surface area contributed by atoms with Gasteiger partial charge >= 0.3 is 0 Å². The highest BCUT2D eigenvalue weighted by Gasteiger charge is 1.98. The second kappa shape index (κ2) is 7.97. The molecule has 100 valence electrons. The van der Waals surface area contributed by atoms with E-state index in [1.54, 1.807) is 11.8 Å². The third-order valence-corrected chi connectivity index (χ3v) is 3.80. The molecule has 0 unspecified atom stereocenters. The zero-order chi connectivity index (χ0) is 13.3. The molecule has 0 atom stereocenters. The van der Waals surface area contributed by atoms with Crippen molar-refractivity contribution in [3.05, 3.63) is 59.8 Å². The van der Waals surface area contributed by atoms with Crippen molar-refractivity contribution in [2.24, 2.45) is 0 Å². The summed E-state index contributed by atoms with van der Waals surface area (Å²) in [6.45, 7) is 4.14. The first-order chi connectivity index (χ1) is 9.38. The fourth-order valence-electron chi connectivity index (χ4n) is 1.74. The van der Waals surface area contributed by atoms with Crippen LogP contribution in [-0.2, 0) is 12.3 Å². The molecule has 1 aromatic heterocycles. The first-order valence-corrected chi connectivity index (χ1v) is 7.69. The summed E-state index contributed by atoms with van der Waals surface area (Å²) >= 11 is 1.78. The Balaban J connectivity index is 1.81. The molecule has 2 nitrogen and oxygen atoms in total. The molecule has 0 bridgehead atoms. The molecule has 19 heavy (non-hydrogen) atoms. The van der Waals surface area contributed by atoms with E-state index < -0.39 is 0 Å². The Hall–Kier alpha value is -1.32. The van der Waals surface area contributed by atoms with Gasteiger partial charge in [0.05, 0.1) is 5.03 Å². The summed E-state index contributed by atoms with van der Waals surface area (Å²) in [6.07, 6.45) is 3.13. The Morgan fingerprint density at radius 1 is 1.05 bits per heavy atom. The lowest BCUT2D eigenvalue weighted by atomic mass is 10.2. The summed E-state index contributed by atoms with van der Waals surface area (Å²) < 4.78 is 0. The molecule has 0 amide bonds. The smallest absolute Gasteiger partial charge is 0.0963 e. The van der Waals surface area contributed by atoms with Crippen LogP contribution >= 0.6 is 11.8 Å². The van der Waals surface area contributed by atoms with Crippen LogP contribution in [0.1, 0.15) is 24.5 Å². The Morgan fingerprint density at radius 3 is 2.58 bits per heavy atom. The quantitative estimate of drug-likeness (QED) is 0.612. The average Bonchev–Trinajstić information content (AvgIpc) is 2.48. The standard InChI is InChI=1S/C16H20N2S/c1-2-10-17-11-15-8-9-16(18-12-15)19-13-14-6-4-3-5-7-14/h3-9,12,17H,2,10-11,13H2,1H3. The first kappa shape index (κ1) is 14.1. The molecule has 0 spiro atoms. The van der Waals surface area contributed by atoms with Crippen LogP contribution in [-0.4, -0.2) is 11.5 Å². The van der Waals surface area contributed by atoms with Crippen molar-refractivity contribution in [2.75, 3.05) is 6.54 Å². The van der Waals surface area contributed by atoms with Gasteiger partial charge in [-0.05, 0) is 30.2 Å². The van der Waals surface area contributed by atoms with Crippen LogP contribution in [0.5, 0.6) is 0 Å². The molecule has 0 aliphatic carbocycles. The number of aromatic nitrogens is 1. The van der Waals surface area contributed by atoms with Crippen LogP contribution in [0.4, 0.5) is 0 Å². The van der Waals surface area contributed by atoms with E-state index in [4.69, 9.17) is 0 Å². The average molecular weight is 272 g/mol. The van der Waals surface area contributed by atoms with E-state index in [0.717, 1.165) is 23.9 Å². The van der Waals surface area contributed by atoms with Crippen molar-refractivity contribution in [1.29, 1.82) is 0 Å². The first-order valence-electron chi connectivity index (χ1n) is 6.71. The predicted molar refractivity (Wildman–Crippen MR) is 82.2 cm³/mol. The Labute approximate surface area is 119 Å². The van der Waals surface area contributed by atoms with E-state index in [1.165, 1.54) is 17.5 Å². The fraction of sp³-hybridized carbons (Fsp3) is 0.312. The highest BCUT2D eigenvalue weighted by molar-refractivity contribution is 7.98. The predicted octanol–water partition coefficient (Wildman–Crippen LogP) is 3.87. The third kappa shape index (κ3) is 5.05. The van der Waals surface area contributed by atoms with Gasteiger partial charge in [-0.3, -0.25) is 0 Å². The number of hydrogen-bond donors (Lipinski definition) is 1. The van der Waals surface area contributed by atoms with Gasteiger partial charge in [-0.25, -0.2) is 4.98 Å². The minimum Gasteiger partial charge on any atom is -0.313 e. The van der Waals surface area contributed by atoms with E-state index in [2.05, 4.69) is 53.6 Å². The molecule has 2 aromatic rings. The van der Waals surface area contributed by atoms with Crippen molar-refractivity contribution < 1.29 is 0 Å². The second-order valence-corrected chi connectivity index (χ2v) is 5.45. The van der Waals surface area contributed by atoms with Crippen LogP contribution < -0.4 is 5.32 Å². The molecule has 0 radical (unpaired) electrons. The largest absolute Gasteiger partial charge is 0.313 e. The van der Waals surface area contributed by atoms with Gasteiger partial charge in [-0.1, -0.05) is 43.3 Å². The molecule has 1 aromatic carbocycles. The van der Waals surface area contributed by atoms with E-state index in [1.807, 2.05) is 12.3 Å². The van der Waals surface area contributed by atoms with Crippen molar-refractivity contribution >= 4 is 11.8 Å². The van der Waals surface area contributed by atoms with Crippen LogP contribution in [0, 0.1) is 0 Å². The zero-order valence-corrected chi connectivity index (χ0v) is 12.1. The number of nitrogens with one attached hydrogen (secondary N) is 1.